The van der Waals surface area contributed by atoms with Crippen LogP contribution in [0.4, 0.5) is 0 Å². The van der Waals surface area contributed by atoms with Crippen LogP contribution in [0.5, 0.6) is 0 Å². The predicted octanol–water partition coefficient (Wildman–Crippen LogP) is 3.23. The number of para-hydroxylation sites is 2. The van der Waals surface area contributed by atoms with Gasteiger partial charge in [0.15, 0.2) is 5.58 Å². The Morgan fingerprint density at radius 3 is 2.61 bits per heavy atom. The highest BCUT2D eigenvalue weighted by molar-refractivity contribution is 7.98. The quantitative estimate of drug-likeness (QED) is 0.674. The van der Waals surface area contributed by atoms with Gasteiger partial charge in [0.05, 0.1) is 0 Å². The van der Waals surface area contributed by atoms with E-state index in [1.165, 1.54) is 0 Å². The van der Waals surface area contributed by atoms with Gasteiger partial charge < -0.3 is 14.3 Å². The minimum atomic E-state index is -1.17. The molecular weight excluding hydrogens is 310 g/mol. The number of hydrogen-bond acceptors (Lipinski definition) is 5. The standard InChI is InChI=1S/C18H15NO3S/c1-23-14-8-6-12(7-9-14)10-13(11-17(20)21)18-19-15-4-2-3-5-16(15)22-18/h2-10H,11H2,1H3,(H,20,21)/p-1/b13-10+. The monoisotopic (exact) mass is 324 g/mol. The van der Waals surface area contributed by atoms with Crippen molar-refractivity contribution in [1.29, 1.82) is 0 Å². The van der Waals surface area contributed by atoms with Gasteiger partial charge in [-0.1, -0.05) is 24.3 Å². The minimum absolute atomic E-state index is 0.253. The van der Waals surface area contributed by atoms with Crippen molar-refractivity contribution >= 4 is 40.5 Å². The minimum Gasteiger partial charge on any atom is -0.550 e. The first-order valence-electron chi connectivity index (χ1n) is 7.06. The number of thioether (sulfide) groups is 1. The van der Waals surface area contributed by atoms with Crippen LogP contribution in [0.15, 0.2) is 57.8 Å². The molecule has 0 radical (unpaired) electrons. The third-order valence-corrected chi connectivity index (χ3v) is 4.10. The Kier molecular flexibility index (Phi) is 4.48. The lowest BCUT2D eigenvalue weighted by molar-refractivity contribution is -0.304. The zero-order valence-electron chi connectivity index (χ0n) is 12.5. The zero-order valence-corrected chi connectivity index (χ0v) is 13.3. The normalized spacial score (nSPS) is 11.8. The first kappa shape index (κ1) is 15.4. The predicted molar refractivity (Wildman–Crippen MR) is 89.7 cm³/mol. The Balaban J connectivity index is 2.01. The first-order chi connectivity index (χ1) is 11.2. The summed E-state index contributed by atoms with van der Waals surface area (Å²) in [4.78, 5) is 16.6. The largest absolute Gasteiger partial charge is 0.550 e. The Hall–Kier alpha value is -2.53. The van der Waals surface area contributed by atoms with Crippen LogP contribution >= 0.6 is 11.8 Å². The first-order valence-corrected chi connectivity index (χ1v) is 8.28. The van der Waals surface area contributed by atoms with Crippen molar-refractivity contribution < 1.29 is 14.3 Å². The average molecular weight is 324 g/mol. The second-order valence-electron chi connectivity index (χ2n) is 4.98. The molecule has 0 fully saturated rings. The van der Waals surface area contributed by atoms with E-state index in [-0.39, 0.29) is 6.42 Å². The Bertz CT molecular complexity index is 832. The summed E-state index contributed by atoms with van der Waals surface area (Å²) in [6.45, 7) is 0. The number of carbonyl (C=O) groups excluding carboxylic acids is 1. The molecular formula is C18H14NO3S-. The van der Waals surface area contributed by atoms with Crippen LogP contribution < -0.4 is 5.11 Å². The highest BCUT2D eigenvalue weighted by atomic mass is 32.2. The van der Waals surface area contributed by atoms with E-state index in [0.717, 1.165) is 10.5 Å². The van der Waals surface area contributed by atoms with E-state index in [9.17, 15) is 9.90 Å². The molecule has 23 heavy (non-hydrogen) atoms. The number of nitrogens with zero attached hydrogens (tertiary/aromatic N) is 1. The summed E-state index contributed by atoms with van der Waals surface area (Å²) in [7, 11) is 0. The van der Waals surface area contributed by atoms with Gasteiger partial charge in [0, 0.05) is 22.9 Å². The van der Waals surface area contributed by atoms with Crippen molar-refractivity contribution in [3.63, 3.8) is 0 Å². The highest BCUT2D eigenvalue weighted by Crippen LogP contribution is 2.25. The van der Waals surface area contributed by atoms with Crippen molar-refractivity contribution in [2.24, 2.45) is 0 Å². The maximum atomic E-state index is 11.1. The molecule has 0 N–H and O–H groups in total. The maximum Gasteiger partial charge on any atom is 0.223 e. The van der Waals surface area contributed by atoms with E-state index in [4.69, 9.17) is 4.42 Å². The molecule has 0 atom stereocenters. The fraction of sp³-hybridized carbons (Fsp3) is 0.111. The Morgan fingerprint density at radius 1 is 1.22 bits per heavy atom. The second kappa shape index (κ2) is 6.71. The molecule has 3 aromatic rings. The molecule has 116 valence electrons. The van der Waals surface area contributed by atoms with E-state index >= 15 is 0 Å². The summed E-state index contributed by atoms with van der Waals surface area (Å²) in [5.74, 6) is -0.858. The number of benzene rings is 2. The number of carboxylic acids is 1. The van der Waals surface area contributed by atoms with Crippen molar-refractivity contribution in [1.82, 2.24) is 4.98 Å². The fourth-order valence-corrected chi connectivity index (χ4v) is 2.66. The van der Waals surface area contributed by atoms with Crippen LogP contribution in [0.1, 0.15) is 17.9 Å². The topological polar surface area (TPSA) is 66.2 Å². The lowest BCUT2D eigenvalue weighted by Crippen LogP contribution is -2.22. The van der Waals surface area contributed by atoms with Crippen molar-refractivity contribution in [2.45, 2.75) is 11.3 Å². The van der Waals surface area contributed by atoms with Crippen LogP contribution in [0.3, 0.4) is 0 Å². The molecule has 0 aliphatic heterocycles. The molecule has 0 amide bonds. The van der Waals surface area contributed by atoms with E-state index in [2.05, 4.69) is 4.98 Å². The smallest absolute Gasteiger partial charge is 0.223 e. The van der Waals surface area contributed by atoms with Gasteiger partial charge in [-0.3, -0.25) is 0 Å². The van der Waals surface area contributed by atoms with Crippen LogP contribution in [0, 0.1) is 0 Å². The number of fused-ring (bicyclic) bond motifs is 1. The summed E-state index contributed by atoms with van der Waals surface area (Å²) in [6, 6.07) is 15.2. The van der Waals surface area contributed by atoms with Crippen LogP contribution in [0.25, 0.3) is 22.7 Å². The number of oxazole rings is 1. The van der Waals surface area contributed by atoms with Crippen LogP contribution in [0.2, 0.25) is 0 Å². The number of hydrogen-bond donors (Lipinski definition) is 0. The summed E-state index contributed by atoms with van der Waals surface area (Å²) in [5, 5.41) is 11.1. The Morgan fingerprint density at radius 2 is 1.96 bits per heavy atom. The molecule has 0 bridgehead atoms. The lowest BCUT2D eigenvalue weighted by Gasteiger charge is -2.05. The summed E-state index contributed by atoms with van der Waals surface area (Å²) >= 11 is 1.65. The third-order valence-electron chi connectivity index (χ3n) is 3.36. The summed E-state index contributed by atoms with van der Waals surface area (Å²) in [6.07, 6.45) is 3.52. The molecule has 0 aliphatic rings. The van der Waals surface area contributed by atoms with Gasteiger partial charge in [0.25, 0.3) is 0 Å². The molecule has 1 aromatic heterocycles. The van der Waals surface area contributed by atoms with Gasteiger partial charge in [-0.05, 0) is 42.2 Å². The zero-order chi connectivity index (χ0) is 16.2. The summed E-state index contributed by atoms with van der Waals surface area (Å²) < 4.78 is 5.67. The molecule has 3 rings (SSSR count). The number of aromatic nitrogens is 1. The van der Waals surface area contributed by atoms with E-state index < -0.39 is 5.97 Å². The molecule has 0 aliphatic carbocycles. The van der Waals surface area contributed by atoms with Gasteiger partial charge in [-0.25, -0.2) is 4.98 Å². The van der Waals surface area contributed by atoms with Gasteiger partial charge in [0.1, 0.15) is 5.52 Å². The van der Waals surface area contributed by atoms with Gasteiger partial charge in [0.2, 0.25) is 5.89 Å². The average Bonchev–Trinajstić information content (AvgIpc) is 2.98. The molecule has 4 nitrogen and oxygen atoms in total. The van der Waals surface area contributed by atoms with Gasteiger partial charge >= 0.3 is 0 Å². The highest BCUT2D eigenvalue weighted by Gasteiger charge is 2.11. The van der Waals surface area contributed by atoms with Crippen molar-refractivity contribution in [2.75, 3.05) is 6.26 Å². The van der Waals surface area contributed by atoms with Gasteiger partial charge in [-0.2, -0.15) is 0 Å². The number of aliphatic carboxylic acids is 1. The van der Waals surface area contributed by atoms with E-state index in [1.54, 1.807) is 23.9 Å². The molecule has 5 heteroatoms. The Labute approximate surface area is 137 Å². The van der Waals surface area contributed by atoms with Crippen molar-refractivity contribution in [3.05, 3.63) is 60.0 Å². The number of carboxylic acid groups (broad SMARTS) is 1. The van der Waals surface area contributed by atoms with Gasteiger partial charge in [-0.15, -0.1) is 11.8 Å². The van der Waals surface area contributed by atoms with E-state index in [0.29, 0.717) is 22.6 Å². The molecule has 2 aromatic carbocycles. The lowest BCUT2D eigenvalue weighted by atomic mass is 10.1. The molecule has 1 heterocycles. The van der Waals surface area contributed by atoms with Crippen LogP contribution in [-0.4, -0.2) is 17.2 Å². The third kappa shape index (κ3) is 3.63. The number of rotatable bonds is 5. The van der Waals surface area contributed by atoms with Crippen molar-refractivity contribution in [3.8, 4) is 0 Å². The van der Waals surface area contributed by atoms with E-state index in [1.807, 2.05) is 48.7 Å². The fourth-order valence-electron chi connectivity index (χ4n) is 2.25. The van der Waals surface area contributed by atoms with Crippen LogP contribution in [-0.2, 0) is 4.79 Å². The maximum absolute atomic E-state index is 11.1. The molecule has 0 saturated heterocycles. The molecule has 0 spiro atoms. The second-order valence-corrected chi connectivity index (χ2v) is 5.86. The summed E-state index contributed by atoms with van der Waals surface area (Å²) in [5.41, 5.74) is 2.70. The molecule has 0 saturated carbocycles. The molecule has 0 unspecified atom stereocenters. The number of carbonyl (C=O) groups is 1. The SMILES string of the molecule is CSc1ccc(/C=C(\CC(=O)[O-])c2nc3ccccc3o2)cc1.